The molecule has 64 valence electrons. The van der Waals surface area contributed by atoms with E-state index in [9.17, 15) is 13.6 Å². The highest BCUT2D eigenvalue weighted by Crippen LogP contribution is 2.51. The monoisotopic (exact) mass is 163 g/mol. The van der Waals surface area contributed by atoms with Crippen molar-refractivity contribution >= 4 is 5.91 Å². The summed E-state index contributed by atoms with van der Waals surface area (Å²) in [7, 11) is 1.51. The van der Waals surface area contributed by atoms with Crippen LogP contribution in [0.25, 0.3) is 0 Å². The van der Waals surface area contributed by atoms with Crippen LogP contribution in [0.4, 0.5) is 8.78 Å². The molecule has 0 saturated heterocycles. The second kappa shape index (κ2) is 2.75. The lowest BCUT2D eigenvalue weighted by atomic mass is 10.2. The third-order valence-corrected chi connectivity index (χ3v) is 1.95. The van der Waals surface area contributed by atoms with Crippen molar-refractivity contribution in [1.82, 2.24) is 5.32 Å². The Kier molecular flexibility index (Phi) is 2.11. The third-order valence-electron chi connectivity index (χ3n) is 1.95. The lowest BCUT2D eigenvalue weighted by Crippen LogP contribution is -2.17. The molecule has 1 fully saturated rings. The first kappa shape index (κ1) is 8.43. The van der Waals surface area contributed by atoms with E-state index in [1.807, 2.05) is 0 Å². The van der Waals surface area contributed by atoms with Crippen molar-refractivity contribution in [3.63, 3.8) is 0 Å². The summed E-state index contributed by atoms with van der Waals surface area (Å²) in [5.74, 6) is -3.18. The van der Waals surface area contributed by atoms with Gasteiger partial charge in [0.25, 0.3) is 5.92 Å². The molecule has 1 rings (SSSR count). The van der Waals surface area contributed by atoms with E-state index >= 15 is 0 Å². The molecule has 0 aromatic heterocycles. The fourth-order valence-corrected chi connectivity index (χ4v) is 1.01. The van der Waals surface area contributed by atoms with Crippen molar-refractivity contribution in [1.29, 1.82) is 0 Å². The second-order valence-corrected chi connectivity index (χ2v) is 2.87. The van der Waals surface area contributed by atoms with E-state index in [1.165, 1.54) is 7.05 Å². The summed E-state index contributed by atoms with van der Waals surface area (Å²) in [6.45, 7) is 0. The Morgan fingerprint density at radius 1 is 1.73 bits per heavy atom. The standard InChI is InChI=1S/C7H11F2NO/c1-10-6(11)3-2-5-4-7(5,8)9/h5H,2-4H2,1H3,(H,10,11). The minimum Gasteiger partial charge on any atom is -0.359 e. The normalized spacial score (nSPS) is 26.3. The fraction of sp³-hybridized carbons (Fsp3) is 0.857. The van der Waals surface area contributed by atoms with Gasteiger partial charge in [-0.25, -0.2) is 8.78 Å². The summed E-state index contributed by atoms with van der Waals surface area (Å²) in [5.41, 5.74) is 0. The summed E-state index contributed by atoms with van der Waals surface area (Å²) >= 11 is 0. The van der Waals surface area contributed by atoms with Crippen LogP contribution in [0.1, 0.15) is 19.3 Å². The smallest absolute Gasteiger partial charge is 0.251 e. The Labute approximate surface area is 64.0 Å². The van der Waals surface area contributed by atoms with Crippen LogP contribution in [0.3, 0.4) is 0 Å². The molecule has 1 amide bonds. The molecule has 4 heteroatoms. The maximum Gasteiger partial charge on any atom is 0.251 e. The van der Waals surface area contributed by atoms with Crippen molar-refractivity contribution in [3.05, 3.63) is 0 Å². The average Bonchev–Trinajstić information content (AvgIpc) is 2.54. The van der Waals surface area contributed by atoms with Crippen molar-refractivity contribution < 1.29 is 13.6 Å². The molecule has 0 spiro atoms. The molecule has 0 aliphatic heterocycles. The van der Waals surface area contributed by atoms with Crippen LogP contribution in [-0.4, -0.2) is 18.9 Å². The number of halogens is 2. The highest BCUT2D eigenvalue weighted by Gasteiger charge is 2.56. The van der Waals surface area contributed by atoms with Crippen LogP contribution < -0.4 is 5.32 Å². The van der Waals surface area contributed by atoms with E-state index < -0.39 is 11.8 Å². The molecule has 1 N–H and O–H groups in total. The highest BCUT2D eigenvalue weighted by atomic mass is 19.3. The minimum absolute atomic E-state index is 0.0377. The van der Waals surface area contributed by atoms with Gasteiger partial charge in [0.05, 0.1) is 0 Å². The Hall–Kier alpha value is -0.670. The number of hydrogen-bond donors (Lipinski definition) is 1. The van der Waals surface area contributed by atoms with Crippen molar-refractivity contribution in [3.8, 4) is 0 Å². The van der Waals surface area contributed by atoms with Gasteiger partial charge in [-0.2, -0.15) is 0 Å². The number of amides is 1. The zero-order valence-corrected chi connectivity index (χ0v) is 6.36. The SMILES string of the molecule is CNC(=O)CCC1CC1(F)F. The van der Waals surface area contributed by atoms with Gasteiger partial charge in [-0.05, 0) is 6.42 Å². The highest BCUT2D eigenvalue weighted by molar-refractivity contribution is 5.75. The lowest BCUT2D eigenvalue weighted by Gasteiger charge is -1.97. The van der Waals surface area contributed by atoms with E-state index in [4.69, 9.17) is 0 Å². The molecular weight excluding hydrogens is 152 g/mol. The molecule has 0 bridgehead atoms. The maximum atomic E-state index is 12.2. The third kappa shape index (κ3) is 2.13. The summed E-state index contributed by atoms with van der Waals surface area (Å²) in [6.07, 6.45) is 0.493. The number of carbonyl (C=O) groups is 1. The molecule has 1 aliphatic carbocycles. The van der Waals surface area contributed by atoms with Gasteiger partial charge < -0.3 is 5.32 Å². The zero-order chi connectivity index (χ0) is 8.48. The van der Waals surface area contributed by atoms with Gasteiger partial charge in [-0.15, -0.1) is 0 Å². The Bertz CT molecular complexity index is 170. The van der Waals surface area contributed by atoms with E-state index in [0.717, 1.165) is 0 Å². The fourth-order valence-electron chi connectivity index (χ4n) is 1.01. The first-order valence-electron chi connectivity index (χ1n) is 3.64. The maximum absolute atomic E-state index is 12.2. The van der Waals surface area contributed by atoms with Crippen molar-refractivity contribution in [2.24, 2.45) is 5.92 Å². The van der Waals surface area contributed by atoms with Crippen LogP contribution in [0.5, 0.6) is 0 Å². The summed E-state index contributed by atoms with van der Waals surface area (Å²) in [4.78, 5) is 10.6. The molecule has 0 radical (unpaired) electrons. The van der Waals surface area contributed by atoms with Crippen LogP contribution >= 0.6 is 0 Å². The number of rotatable bonds is 3. The lowest BCUT2D eigenvalue weighted by molar-refractivity contribution is -0.120. The number of alkyl halides is 2. The quantitative estimate of drug-likeness (QED) is 0.664. The van der Waals surface area contributed by atoms with Gasteiger partial charge in [-0.3, -0.25) is 4.79 Å². The molecule has 0 aromatic rings. The summed E-state index contributed by atoms with van der Waals surface area (Å²) in [6, 6.07) is 0. The van der Waals surface area contributed by atoms with Gasteiger partial charge >= 0.3 is 0 Å². The van der Waals surface area contributed by atoms with E-state index in [2.05, 4.69) is 5.32 Å². The van der Waals surface area contributed by atoms with Crippen LogP contribution in [0.2, 0.25) is 0 Å². The second-order valence-electron chi connectivity index (χ2n) is 2.87. The van der Waals surface area contributed by atoms with Gasteiger partial charge in [0.1, 0.15) is 0 Å². The van der Waals surface area contributed by atoms with Crippen molar-refractivity contribution in [2.75, 3.05) is 7.05 Å². The Morgan fingerprint density at radius 3 is 2.64 bits per heavy atom. The van der Waals surface area contributed by atoms with Crippen molar-refractivity contribution in [2.45, 2.75) is 25.2 Å². The first-order valence-corrected chi connectivity index (χ1v) is 3.64. The van der Waals surface area contributed by atoms with E-state index in [0.29, 0.717) is 6.42 Å². The molecule has 1 atom stereocenters. The molecule has 1 unspecified atom stereocenters. The molecular formula is C7H11F2NO. The van der Waals surface area contributed by atoms with Gasteiger partial charge in [0, 0.05) is 25.8 Å². The molecule has 0 aromatic carbocycles. The predicted octanol–water partition coefficient (Wildman–Crippen LogP) is 1.17. The molecule has 0 heterocycles. The predicted molar refractivity (Wildman–Crippen MR) is 36.4 cm³/mol. The first-order chi connectivity index (χ1) is 5.06. The zero-order valence-electron chi connectivity index (χ0n) is 6.36. The average molecular weight is 163 g/mol. The van der Waals surface area contributed by atoms with Crippen LogP contribution in [0, 0.1) is 5.92 Å². The van der Waals surface area contributed by atoms with Gasteiger partial charge in [0.15, 0.2) is 0 Å². The topological polar surface area (TPSA) is 29.1 Å². The van der Waals surface area contributed by atoms with E-state index in [-0.39, 0.29) is 18.7 Å². The molecule has 11 heavy (non-hydrogen) atoms. The van der Waals surface area contributed by atoms with Gasteiger partial charge in [0.2, 0.25) is 5.91 Å². The largest absolute Gasteiger partial charge is 0.359 e. The number of carbonyl (C=O) groups excluding carboxylic acids is 1. The minimum atomic E-state index is -2.48. The number of nitrogens with one attached hydrogen (secondary N) is 1. The Morgan fingerprint density at radius 2 is 2.27 bits per heavy atom. The summed E-state index contributed by atoms with van der Waals surface area (Å²) < 4.78 is 24.4. The van der Waals surface area contributed by atoms with Gasteiger partial charge in [-0.1, -0.05) is 0 Å². The Balaban J connectivity index is 2.11. The molecule has 1 saturated carbocycles. The molecule has 1 aliphatic rings. The van der Waals surface area contributed by atoms with Crippen LogP contribution in [0.15, 0.2) is 0 Å². The van der Waals surface area contributed by atoms with Crippen LogP contribution in [-0.2, 0) is 4.79 Å². The summed E-state index contributed by atoms with van der Waals surface area (Å²) in [5, 5.41) is 2.39. The van der Waals surface area contributed by atoms with E-state index in [1.54, 1.807) is 0 Å². The molecule has 2 nitrogen and oxygen atoms in total. The number of hydrogen-bond acceptors (Lipinski definition) is 1.